The molecule has 0 amide bonds. The Bertz CT molecular complexity index is 292. The quantitative estimate of drug-likeness (QED) is 0.0975. The first-order valence-electron chi connectivity index (χ1n) is 9.29. The fourth-order valence-corrected chi connectivity index (χ4v) is 3.70. The molecule has 0 heterocycles. The van der Waals surface area contributed by atoms with Gasteiger partial charge in [0.05, 0.1) is 0 Å². The van der Waals surface area contributed by atoms with Gasteiger partial charge in [-0.1, -0.05) is 107 Å². The lowest BCUT2D eigenvalue weighted by Gasteiger charge is -2.22. The molecule has 0 saturated heterocycles. The Kier molecular flexibility index (Phi) is 13.8. The molecule has 0 spiro atoms. The number of hydrogen-bond donors (Lipinski definition) is 0. The Hall–Kier alpha value is 0.380. The molecule has 0 radical (unpaired) electrons. The van der Waals surface area contributed by atoms with E-state index < -0.39 is 22.4 Å². The number of halogens is 6. The Balaban J connectivity index is 3.44. The van der Waals surface area contributed by atoms with Crippen LogP contribution in [0.15, 0.2) is 0 Å². The zero-order valence-corrected chi connectivity index (χ0v) is 16.9. The fourth-order valence-electron chi connectivity index (χ4n) is 2.70. The molecule has 0 bridgehead atoms. The highest BCUT2D eigenvalue weighted by Crippen LogP contribution is 2.40. The van der Waals surface area contributed by atoms with Crippen molar-refractivity contribution >= 4 is 22.6 Å². The SMILES string of the molecule is CCCCCCCCCCCCCCC(I)CC(F)(F)C(F)(F)F. The standard InChI is InChI=1S/C18H32F5I/c1-2-3-4-5-6-7-8-9-10-11-12-13-14-16(24)15-17(19,20)18(21,22)23/h16H,2-15H2,1H3. The summed E-state index contributed by atoms with van der Waals surface area (Å²) in [5, 5.41) is 0. The molecule has 0 aliphatic carbocycles. The van der Waals surface area contributed by atoms with E-state index in [1.165, 1.54) is 51.4 Å². The average Bonchev–Trinajstić information content (AvgIpc) is 2.46. The minimum atomic E-state index is -5.42. The normalized spacial score (nSPS) is 14.1. The van der Waals surface area contributed by atoms with Gasteiger partial charge in [0.2, 0.25) is 0 Å². The van der Waals surface area contributed by atoms with E-state index in [4.69, 9.17) is 0 Å². The van der Waals surface area contributed by atoms with Crippen LogP contribution < -0.4 is 0 Å². The monoisotopic (exact) mass is 470 g/mol. The van der Waals surface area contributed by atoms with Gasteiger partial charge in [-0.15, -0.1) is 0 Å². The molecule has 146 valence electrons. The van der Waals surface area contributed by atoms with Crippen LogP contribution in [0.1, 0.15) is 96.8 Å². The highest BCUT2D eigenvalue weighted by atomic mass is 127. The van der Waals surface area contributed by atoms with Crippen molar-refractivity contribution in [2.75, 3.05) is 0 Å². The van der Waals surface area contributed by atoms with E-state index >= 15 is 0 Å². The summed E-state index contributed by atoms with van der Waals surface area (Å²) in [4.78, 5) is 0. The van der Waals surface area contributed by atoms with Gasteiger partial charge in [0.1, 0.15) is 0 Å². The molecule has 0 N–H and O–H groups in total. The second-order valence-corrected chi connectivity index (χ2v) is 8.44. The van der Waals surface area contributed by atoms with Gasteiger partial charge in [0, 0.05) is 10.3 Å². The topological polar surface area (TPSA) is 0 Å². The van der Waals surface area contributed by atoms with Gasteiger partial charge < -0.3 is 0 Å². The summed E-state index contributed by atoms with van der Waals surface area (Å²) in [5.74, 6) is -4.56. The summed E-state index contributed by atoms with van der Waals surface area (Å²) >= 11 is 1.72. The molecular weight excluding hydrogens is 438 g/mol. The van der Waals surface area contributed by atoms with Crippen LogP contribution in [0.25, 0.3) is 0 Å². The largest absolute Gasteiger partial charge is 0.453 e. The first kappa shape index (κ1) is 24.4. The molecular formula is C18H32F5I. The smallest absolute Gasteiger partial charge is 0.196 e. The Morgan fingerprint density at radius 1 is 0.667 bits per heavy atom. The Morgan fingerprint density at radius 2 is 1.04 bits per heavy atom. The van der Waals surface area contributed by atoms with Crippen LogP contribution in [0, 0.1) is 0 Å². The van der Waals surface area contributed by atoms with E-state index in [1.807, 2.05) is 0 Å². The van der Waals surface area contributed by atoms with Gasteiger partial charge >= 0.3 is 12.1 Å². The summed E-state index contributed by atoms with van der Waals surface area (Å²) in [6.45, 7) is 2.21. The molecule has 1 unspecified atom stereocenters. The predicted molar refractivity (Wildman–Crippen MR) is 99.1 cm³/mol. The summed E-state index contributed by atoms with van der Waals surface area (Å²) in [6.07, 6.45) is 8.06. The second-order valence-electron chi connectivity index (χ2n) is 6.68. The van der Waals surface area contributed by atoms with E-state index in [-0.39, 0.29) is 0 Å². The lowest BCUT2D eigenvalue weighted by atomic mass is 10.0. The molecule has 0 fully saturated rings. The molecule has 0 rings (SSSR count). The number of unbranched alkanes of at least 4 members (excludes halogenated alkanes) is 11. The van der Waals surface area contributed by atoms with Gasteiger partial charge in [-0.2, -0.15) is 22.0 Å². The Labute approximate surface area is 157 Å². The summed E-state index contributed by atoms with van der Waals surface area (Å²) in [6, 6.07) is 0. The maximum atomic E-state index is 12.9. The highest BCUT2D eigenvalue weighted by Gasteiger charge is 2.57. The van der Waals surface area contributed by atoms with Crippen LogP contribution in [0.4, 0.5) is 22.0 Å². The minimum absolute atomic E-state index is 0.434. The second kappa shape index (κ2) is 13.6. The van der Waals surface area contributed by atoms with Crippen molar-refractivity contribution in [2.45, 2.75) is 113 Å². The van der Waals surface area contributed by atoms with E-state index in [0.29, 0.717) is 6.42 Å². The van der Waals surface area contributed by atoms with E-state index in [0.717, 1.165) is 25.7 Å². The molecule has 0 aliphatic rings. The molecule has 0 aromatic rings. The van der Waals surface area contributed by atoms with E-state index in [9.17, 15) is 22.0 Å². The zero-order valence-electron chi connectivity index (χ0n) is 14.7. The first-order valence-corrected chi connectivity index (χ1v) is 10.5. The average molecular weight is 470 g/mol. The van der Waals surface area contributed by atoms with E-state index in [1.54, 1.807) is 22.6 Å². The van der Waals surface area contributed by atoms with Crippen molar-refractivity contribution in [1.82, 2.24) is 0 Å². The lowest BCUT2D eigenvalue weighted by molar-refractivity contribution is -0.283. The summed E-state index contributed by atoms with van der Waals surface area (Å²) in [5.41, 5.74) is 0. The van der Waals surface area contributed by atoms with Crippen molar-refractivity contribution in [2.24, 2.45) is 0 Å². The van der Waals surface area contributed by atoms with Crippen molar-refractivity contribution in [3.63, 3.8) is 0 Å². The third-order valence-electron chi connectivity index (χ3n) is 4.26. The van der Waals surface area contributed by atoms with Gasteiger partial charge in [-0.3, -0.25) is 0 Å². The van der Waals surface area contributed by atoms with Crippen LogP contribution in [0.3, 0.4) is 0 Å². The third-order valence-corrected chi connectivity index (χ3v) is 5.33. The highest BCUT2D eigenvalue weighted by molar-refractivity contribution is 14.1. The third kappa shape index (κ3) is 12.7. The minimum Gasteiger partial charge on any atom is -0.196 e. The van der Waals surface area contributed by atoms with Crippen molar-refractivity contribution in [1.29, 1.82) is 0 Å². The molecule has 0 nitrogen and oxygen atoms in total. The number of rotatable bonds is 15. The molecule has 0 aromatic carbocycles. The van der Waals surface area contributed by atoms with Crippen molar-refractivity contribution in [3.8, 4) is 0 Å². The fraction of sp³-hybridized carbons (Fsp3) is 1.00. The zero-order chi connectivity index (χ0) is 18.5. The number of alkyl halides is 6. The van der Waals surface area contributed by atoms with Crippen LogP contribution in [-0.4, -0.2) is 16.0 Å². The maximum absolute atomic E-state index is 12.9. The summed E-state index contributed by atoms with van der Waals surface area (Å²) < 4.78 is 61.5. The predicted octanol–water partition coefficient (Wildman–Crippen LogP) is 8.47. The van der Waals surface area contributed by atoms with Gasteiger partial charge in [0.25, 0.3) is 0 Å². The lowest BCUT2D eigenvalue weighted by Crippen LogP contribution is -2.38. The molecule has 0 aliphatic heterocycles. The van der Waals surface area contributed by atoms with Gasteiger partial charge in [0.15, 0.2) is 0 Å². The molecule has 24 heavy (non-hydrogen) atoms. The van der Waals surface area contributed by atoms with E-state index in [2.05, 4.69) is 6.92 Å². The van der Waals surface area contributed by atoms with Gasteiger partial charge in [-0.05, 0) is 6.42 Å². The number of hydrogen-bond acceptors (Lipinski definition) is 0. The molecule has 0 saturated carbocycles. The first-order chi connectivity index (χ1) is 11.2. The van der Waals surface area contributed by atoms with Crippen LogP contribution in [0.2, 0.25) is 0 Å². The van der Waals surface area contributed by atoms with Crippen LogP contribution in [-0.2, 0) is 0 Å². The van der Waals surface area contributed by atoms with Crippen molar-refractivity contribution < 1.29 is 22.0 Å². The maximum Gasteiger partial charge on any atom is 0.453 e. The van der Waals surface area contributed by atoms with Crippen LogP contribution in [0.5, 0.6) is 0 Å². The summed E-state index contributed by atoms with van der Waals surface area (Å²) in [7, 11) is 0. The Morgan fingerprint density at radius 3 is 1.42 bits per heavy atom. The molecule has 0 aromatic heterocycles. The van der Waals surface area contributed by atoms with Crippen molar-refractivity contribution in [3.05, 3.63) is 0 Å². The molecule has 6 heteroatoms. The molecule has 1 atom stereocenters. The van der Waals surface area contributed by atoms with Gasteiger partial charge in [-0.25, -0.2) is 0 Å². The van der Waals surface area contributed by atoms with Crippen LogP contribution >= 0.6 is 22.6 Å².